The third-order valence-corrected chi connectivity index (χ3v) is 11.5. The molecule has 0 unspecified atom stereocenters. The van der Waals surface area contributed by atoms with Crippen molar-refractivity contribution in [3.63, 3.8) is 0 Å². The van der Waals surface area contributed by atoms with Crippen LogP contribution in [0.5, 0.6) is 0 Å². The van der Waals surface area contributed by atoms with E-state index in [9.17, 15) is 14.4 Å². The summed E-state index contributed by atoms with van der Waals surface area (Å²) in [6.07, 6.45) is 1.68. The third kappa shape index (κ3) is 14.2. The molecule has 0 saturated heterocycles. The standard InChI is InChI=1S/C13H12Cl2NO2.C12H13Cl2NO2.C8H6Br2Cl2.C5H8NO2.CH4/c1-3-18-12(17)13(16-2)6-8-4-10(14)11(15)5-9(8)7-13;1-2-17-11(16)12(15)5-7-3-9(13)10(14)4-8(7)6-12;9-3-5-1-7(11)8(12)2-6(5)4-10;1-3-8-5(7)4-6-2;/h2,4-5H,3,6-7H2,1H3;3-4H,2,5-6,15H2,1H3;1-2H,3-4H2;2H,3-4H2,1H3;1H4/q+1;;;+1;. The zero-order valence-electron chi connectivity index (χ0n) is 30.1. The zero-order valence-corrected chi connectivity index (χ0v) is 37.8. The van der Waals surface area contributed by atoms with Gasteiger partial charge in [0.2, 0.25) is 0 Å². The number of carbonyl (C=O) groups excluding carboxylic acids is 3. The molecule has 3 aromatic carbocycles. The number of halogens is 8. The fraction of sp³-hybridized carbons (Fsp3) is 0.410. The van der Waals surface area contributed by atoms with Gasteiger partial charge in [0.05, 0.1) is 62.8 Å². The van der Waals surface area contributed by atoms with Crippen molar-refractivity contribution in [1.82, 2.24) is 0 Å². The van der Waals surface area contributed by atoms with Gasteiger partial charge in [0.1, 0.15) is 5.54 Å². The van der Waals surface area contributed by atoms with Crippen LogP contribution in [0.2, 0.25) is 30.1 Å². The molecule has 0 saturated carbocycles. The van der Waals surface area contributed by atoms with Gasteiger partial charge < -0.3 is 19.9 Å². The summed E-state index contributed by atoms with van der Waals surface area (Å²) in [5, 5.41) is 4.71. The molecule has 0 amide bonds. The molecule has 9 nitrogen and oxygen atoms in total. The van der Waals surface area contributed by atoms with E-state index in [0.29, 0.717) is 75.6 Å². The summed E-state index contributed by atoms with van der Waals surface area (Å²) in [5.41, 5.74) is 10.2. The van der Waals surface area contributed by atoms with Crippen molar-refractivity contribution >= 4 is 119 Å². The SMILES string of the molecule is C.C#[N+]C1(C(=O)OCC)Cc2cc(Cl)c(Cl)cc2C1.C#[N+]CC(=O)OCC.CCOC(=O)C1(N)Cc2cc(Cl)c(Cl)cc2C1.Clc1cc(CBr)c(CBr)cc1Cl. The number of nitrogens with zero attached hydrogens (tertiary/aromatic N) is 2. The van der Waals surface area contributed by atoms with Crippen LogP contribution in [-0.4, -0.2) is 55.4 Å². The number of fused-ring (bicyclic) bond motifs is 2. The van der Waals surface area contributed by atoms with Crippen molar-refractivity contribution in [3.05, 3.63) is 110 Å². The monoisotopic (exact) mass is 1020 g/mol. The smallest absolute Gasteiger partial charge is 0.398 e. The Morgan fingerprint density at radius 2 is 0.982 bits per heavy atom. The molecule has 0 atom stereocenters. The van der Waals surface area contributed by atoms with Crippen molar-refractivity contribution in [2.45, 2.75) is 75.6 Å². The first-order valence-electron chi connectivity index (χ1n) is 16.6. The molecule has 2 aliphatic carbocycles. The number of nitrogens with two attached hydrogens (primary N) is 1. The van der Waals surface area contributed by atoms with Crippen LogP contribution in [-0.2, 0) is 64.9 Å². The van der Waals surface area contributed by atoms with Gasteiger partial charge in [-0.25, -0.2) is 9.59 Å². The second-order valence-corrected chi connectivity index (χ2v) is 15.5. The molecule has 0 heterocycles. The lowest BCUT2D eigenvalue weighted by Crippen LogP contribution is -2.50. The fourth-order valence-corrected chi connectivity index (χ4v) is 7.65. The number of benzene rings is 3. The number of esters is 3. The quantitative estimate of drug-likeness (QED) is 0.136. The van der Waals surface area contributed by atoms with Crippen LogP contribution in [0.3, 0.4) is 0 Å². The molecular weight excluding hydrogens is 979 g/mol. The highest BCUT2D eigenvalue weighted by Gasteiger charge is 2.55. The van der Waals surface area contributed by atoms with Crippen molar-refractivity contribution in [2.75, 3.05) is 26.4 Å². The Morgan fingerprint density at radius 1 is 0.643 bits per heavy atom. The number of ether oxygens (including phenoxy) is 3. The first-order chi connectivity index (χ1) is 26.0. The van der Waals surface area contributed by atoms with E-state index >= 15 is 0 Å². The first-order valence-corrected chi connectivity index (χ1v) is 21.1. The predicted octanol–water partition coefficient (Wildman–Crippen LogP) is 11.6. The van der Waals surface area contributed by atoms with Gasteiger partial charge in [-0.05, 0) is 90.6 Å². The lowest BCUT2D eigenvalue weighted by molar-refractivity contribution is -0.149. The highest BCUT2D eigenvalue weighted by atomic mass is 79.9. The van der Waals surface area contributed by atoms with Gasteiger partial charge in [0, 0.05) is 23.5 Å². The van der Waals surface area contributed by atoms with Gasteiger partial charge >= 0.3 is 30.0 Å². The highest BCUT2D eigenvalue weighted by molar-refractivity contribution is 9.09. The average molecular weight is 1020 g/mol. The molecule has 0 spiro atoms. The molecule has 56 heavy (non-hydrogen) atoms. The van der Waals surface area contributed by atoms with Crippen molar-refractivity contribution < 1.29 is 28.6 Å². The minimum absolute atomic E-state index is 0. The molecule has 304 valence electrons. The maximum absolute atomic E-state index is 12.0. The zero-order chi connectivity index (χ0) is 41.5. The van der Waals surface area contributed by atoms with Gasteiger partial charge in [0.25, 0.3) is 13.1 Å². The van der Waals surface area contributed by atoms with Gasteiger partial charge in [0.15, 0.2) is 0 Å². The summed E-state index contributed by atoms with van der Waals surface area (Å²) in [5.74, 6) is -1.16. The molecule has 2 N–H and O–H groups in total. The largest absolute Gasteiger partial charge is 0.465 e. The summed E-state index contributed by atoms with van der Waals surface area (Å²) < 4.78 is 14.5. The van der Waals surface area contributed by atoms with E-state index in [4.69, 9.17) is 91.4 Å². The third-order valence-electron chi connectivity index (χ3n) is 8.10. The summed E-state index contributed by atoms with van der Waals surface area (Å²) in [4.78, 5) is 40.8. The number of hydrogen-bond donors (Lipinski definition) is 1. The van der Waals surface area contributed by atoms with E-state index in [1.807, 2.05) is 12.1 Å². The number of rotatable bonds is 8. The molecule has 3 aromatic rings. The molecule has 0 bridgehead atoms. The van der Waals surface area contributed by atoms with E-state index in [2.05, 4.69) is 52.9 Å². The van der Waals surface area contributed by atoms with Gasteiger partial charge in [-0.2, -0.15) is 0 Å². The highest BCUT2D eigenvalue weighted by Crippen LogP contribution is 2.39. The summed E-state index contributed by atoms with van der Waals surface area (Å²) in [6, 6.07) is 10.8. The molecule has 17 heteroatoms. The van der Waals surface area contributed by atoms with Crippen molar-refractivity contribution in [1.29, 1.82) is 0 Å². The van der Waals surface area contributed by atoms with Crippen LogP contribution in [0, 0.1) is 13.1 Å². The molecule has 0 aliphatic heterocycles. The lowest BCUT2D eigenvalue weighted by Gasteiger charge is -2.20. The van der Waals surface area contributed by atoms with E-state index in [-0.39, 0.29) is 25.9 Å². The molecule has 0 radical (unpaired) electrons. The topological polar surface area (TPSA) is 114 Å². The van der Waals surface area contributed by atoms with Gasteiger partial charge in [-0.1, -0.05) is 119 Å². The normalized spacial score (nSPS) is 13.5. The van der Waals surface area contributed by atoms with E-state index < -0.39 is 17.0 Å². The Morgan fingerprint density at radius 3 is 1.30 bits per heavy atom. The van der Waals surface area contributed by atoms with Crippen LogP contribution in [0.15, 0.2) is 36.4 Å². The fourth-order valence-electron chi connectivity index (χ4n) is 5.48. The van der Waals surface area contributed by atoms with E-state index in [1.54, 1.807) is 45.0 Å². The second kappa shape index (κ2) is 24.6. The average Bonchev–Trinajstić information content (AvgIpc) is 3.68. The van der Waals surface area contributed by atoms with Crippen molar-refractivity contribution in [2.24, 2.45) is 5.73 Å². The Kier molecular flexibility index (Phi) is 22.7. The lowest BCUT2D eigenvalue weighted by atomic mass is 9.97. The number of carbonyl (C=O) groups is 3. The maximum atomic E-state index is 12.0. The van der Waals surface area contributed by atoms with Gasteiger partial charge in [-0.15, -0.1) is 0 Å². The number of alkyl halides is 2. The van der Waals surface area contributed by atoms with Gasteiger partial charge in [-0.3, -0.25) is 4.79 Å². The summed E-state index contributed by atoms with van der Waals surface area (Å²) >= 11 is 42.3. The van der Waals surface area contributed by atoms with Crippen LogP contribution >= 0.6 is 101 Å². The Balaban J connectivity index is 0.000000386. The van der Waals surface area contributed by atoms with Crippen LogP contribution < -0.4 is 5.73 Å². The molecule has 0 aromatic heterocycles. The molecular formula is C39H43Br2Cl6N3O6+2. The van der Waals surface area contributed by atoms with Crippen LogP contribution in [0.25, 0.3) is 9.69 Å². The maximum Gasteiger partial charge on any atom is 0.398 e. The predicted molar refractivity (Wildman–Crippen MR) is 237 cm³/mol. The van der Waals surface area contributed by atoms with E-state index in [0.717, 1.165) is 32.9 Å². The Hall–Kier alpha value is -2.29. The Bertz CT molecular complexity index is 1860. The second-order valence-electron chi connectivity index (χ2n) is 12.0. The first kappa shape index (κ1) is 51.7. The van der Waals surface area contributed by atoms with Crippen LogP contribution in [0.1, 0.15) is 61.6 Å². The molecule has 0 fully saturated rings. The van der Waals surface area contributed by atoms with E-state index in [1.165, 1.54) is 11.1 Å². The van der Waals surface area contributed by atoms with Crippen LogP contribution in [0.4, 0.5) is 0 Å². The minimum Gasteiger partial charge on any atom is -0.465 e. The molecule has 5 rings (SSSR count). The Labute approximate surface area is 375 Å². The molecule has 2 aliphatic rings. The number of hydrogen-bond acceptors (Lipinski definition) is 7. The minimum atomic E-state index is -1.04. The summed E-state index contributed by atoms with van der Waals surface area (Å²) in [7, 11) is 0. The van der Waals surface area contributed by atoms with Crippen molar-refractivity contribution in [3.8, 4) is 13.1 Å². The summed E-state index contributed by atoms with van der Waals surface area (Å²) in [6.45, 7) is 16.3.